The maximum Gasteiger partial charge on any atom is 0.256 e. The summed E-state index contributed by atoms with van der Waals surface area (Å²) < 4.78 is 2.40. The molecule has 0 radical (unpaired) electrons. The van der Waals surface area contributed by atoms with Crippen molar-refractivity contribution in [2.24, 2.45) is 5.92 Å². The Hall–Kier alpha value is -4.31. The SMILES string of the molecule is CCn1c2ccccc2c2cc(C3Nc4c(C(=O)N(C)Cc5ccccc5)cccc4C4C=CCC43)ccc21. The van der Waals surface area contributed by atoms with Crippen molar-refractivity contribution in [1.82, 2.24) is 9.47 Å². The predicted octanol–water partition coefficient (Wildman–Crippen LogP) is 7.91. The number of para-hydroxylation sites is 2. The molecule has 1 aliphatic carbocycles. The van der Waals surface area contributed by atoms with Gasteiger partial charge in [-0.05, 0) is 60.2 Å². The molecule has 4 aromatic carbocycles. The van der Waals surface area contributed by atoms with E-state index in [0.717, 1.165) is 29.8 Å². The average molecular weight is 512 g/mol. The Morgan fingerprint density at radius 1 is 0.923 bits per heavy atom. The van der Waals surface area contributed by atoms with Crippen molar-refractivity contribution in [2.45, 2.75) is 38.4 Å². The van der Waals surface area contributed by atoms with E-state index in [9.17, 15) is 4.79 Å². The first-order valence-electron chi connectivity index (χ1n) is 14.0. The van der Waals surface area contributed by atoms with E-state index in [4.69, 9.17) is 0 Å². The number of carbonyl (C=O) groups excluding carboxylic acids is 1. The molecule has 3 unspecified atom stereocenters. The Labute approximate surface area is 229 Å². The number of anilines is 1. The van der Waals surface area contributed by atoms with Gasteiger partial charge in [0.2, 0.25) is 0 Å². The molecule has 1 aromatic heterocycles. The summed E-state index contributed by atoms with van der Waals surface area (Å²) >= 11 is 0. The highest BCUT2D eigenvalue weighted by Gasteiger charge is 2.39. The molecule has 7 rings (SSSR count). The van der Waals surface area contributed by atoms with E-state index in [0.29, 0.717) is 18.4 Å². The van der Waals surface area contributed by atoms with Gasteiger partial charge in [-0.3, -0.25) is 4.79 Å². The number of nitrogens with zero attached hydrogens (tertiary/aromatic N) is 2. The van der Waals surface area contributed by atoms with Gasteiger partial charge in [-0.2, -0.15) is 0 Å². The number of fused-ring (bicyclic) bond motifs is 6. The van der Waals surface area contributed by atoms with Crippen LogP contribution in [0.15, 0.2) is 103 Å². The van der Waals surface area contributed by atoms with E-state index in [-0.39, 0.29) is 11.9 Å². The molecule has 0 saturated heterocycles. The standard InChI is InChI=1S/C35H33N3O/c1-3-38-31-18-8-7-13-26(31)30-21-24(19-20-32(30)38)33-27-15-9-14-25(27)28-16-10-17-29(34(28)36-33)35(39)37(2)22-23-11-5-4-6-12-23/h4-14,16-21,25,27,33,36H,3,15,22H2,1-2H3. The minimum absolute atomic E-state index is 0.0452. The normalized spacial score (nSPS) is 19.6. The summed E-state index contributed by atoms with van der Waals surface area (Å²) in [6, 6.07) is 32.2. The molecule has 5 aromatic rings. The molecule has 39 heavy (non-hydrogen) atoms. The van der Waals surface area contributed by atoms with Gasteiger partial charge in [-0.15, -0.1) is 0 Å². The minimum Gasteiger partial charge on any atom is -0.377 e. The van der Waals surface area contributed by atoms with E-state index in [1.54, 1.807) is 0 Å². The summed E-state index contributed by atoms with van der Waals surface area (Å²) in [5.41, 5.74) is 7.93. The molecule has 1 aliphatic heterocycles. The molecule has 0 bridgehead atoms. The Kier molecular flexibility index (Phi) is 5.77. The molecule has 3 atom stereocenters. The van der Waals surface area contributed by atoms with Crippen LogP contribution in [0, 0.1) is 5.92 Å². The number of rotatable bonds is 5. The maximum atomic E-state index is 13.8. The zero-order valence-electron chi connectivity index (χ0n) is 22.5. The van der Waals surface area contributed by atoms with Gasteiger partial charge in [0.1, 0.15) is 0 Å². The largest absolute Gasteiger partial charge is 0.377 e. The summed E-state index contributed by atoms with van der Waals surface area (Å²) in [5.74, 6) is 0.761. The number of carbonyl (C=O) groups is 1. The number of hydrogen-bond donors (Lipinski definition) is 1. The monoisotopic (exact) mass is 511 g/mol. The fourth-order valence-corrected chi connectivity index (χ4v) is 6.87. The highest BCUT2D eigenvalue weighted by molar-refractivity contribution is 6.08. The van der Waals surface area contributed by atoms with Gasteiger partial charge in [0.15, 0.2) is 0 Å². The van der Waals surface area contributed by atoms with Gasteiger partial charge in [-0.25, -0.2) is 0 Å². The van der Waals surface area contributed by atoms with Crippen LogP contribution in [-0.2, 0) is 13.1 Å². The zero-order valence-corrected chi connectivity index (χ0v) is 22.5. The van der Waals surface area contributed by atoms with Gasteiger partial charge in [0.05, 0.1) is 17.3 Å². The Morgan fingerprint density at radius 2 is 1.72 bits per heavy atom. The molecule has 4 heteroatoms. The second kappa shape index (κ2) is 9.46. The second-order valence-electron chi connectivity index (χ2n) is 10.9. The van der Waals surface area contributed by atoms with Crippen LogP contribution in [0.2, 0.25) is 0 Å². The Balaban J connectivity index is 1.29. The molecule has 194 valence electrons. The van der Waals surface area contributed by atoms with E-state index in [2.05, 4.69) is 89.6 Å². The summed E-state index contributed by atoms with van der Waals surface area (Å²) in [4.78, 5) is 15.6. The van der Waals surface area contributed by atoms with Crippen LogP contribution >= 0.6 is 0 Å². The first-order chi connectivity index (χ1) is 19.1. The zero-order chi connectivity index (χ0) is 26.5. The molecule has 1 N–H and O–H groups in total. The van der Waals surface area contributed by atoms with Gasteiger partial charge >= 0.3 is 0 Å². The minimum atomic E-state index is 0.0452. The smallest absolute Gasteiger partial charge is 0.256 e. The lowest BCUT2D eigenvalue weighted by Gasteiger charge is -2.38. The maximum absolute atomic E-state index is 13.8. The number of amides is 1. The molecule has 2 heterocycles. The molecule has 0 fully saturated rings. The molecule has 4 nitrogen and oxygen atoms in total. The summed E-state index contributed by atoms with van der Waals surface area (Å²) in [6.07, 6.45) is 5.69. The second-order valence-corrected chi connectivity index (χ2v) is 10.9. The number of nitrogens with one attached hydrogen (secondary N) is 1. The lowest BCUT2D eigenvalue weighted by molar-refractivity contribution is 0.0785. The van der Waals surface area contributed by atoms with Crippen molar-refractivity contribution in [3.8, 4) is 0 Å². The van der Waals surface area contributed by atoms with Crippen molar-refractivity contribution >= 4 is 33.4 Å². The summed E-state index contributed by atoms with van der Waals surface area (Å²) in [7, 11) is 1.89. The van der Waals surface area contributed by atoms with E-state index >= 15 is 0 Å². The fraction of sp³-hybridized carbons (Fsp3) is 0.229. The van der Waals surface area contributed by atoms with Gasteiger partial charge in [0.25, 0.3) is 5.91 Å². The molecule has 1 amide bonds. The van der Waals surface area contributed by atoms with E-state index in [1.807, 2.05) is 42.3 Å². The van der Waals surface area contributed by atoms with Crippen LogP contribution < -0.4 is 5.32 Å². The van der Waals surface area contributed by atoms with Crippen LogP contribution in [-0.4, -0.2) is 22.4 Å². The van der Waals surface area contributed by atoms with Crippen molar-refractivity contribution < 1.29 is 4.79 Å². The van der Waals surface area contributed by atoms with Gasteiger partial charge in [-0.1, -0.05) is 78.9 Å². The highest BCUT2D eigenvalue weighted by Crippen LogP contribution is 2.51. The molecular weight excluding hydrogens is 478 g/mol. The van der Waals surface area contributed by atoms with Crippen LogP contribution in [0.25, 0.3) is 21.8 Å². The Bertz CT molecular complexity index is 1730. The van der Waals surface area contributed by atoms with E-state index in [1.165, 1.54) is 32.9 Å². The van der Waals surface area contributed by atoms with Crippen molar-refractivity contribution in [3.05, 3.63) is 125 Å². The summed E-state index contributed by atoms with van der Waals surface area (Å²) in [6.45, 7) is 3.73. The lowest BCUT2D eigenvalue weighted by Crippen LogP contribution is -2.32. The van der Waals surface area contributed by atoms with Crippen LogP contribution in [0.5, 0.6) is 0 Å². The third kappa shape index (κ3) is 3.85. The third-order valence-corrected chi connectivity index (χ3v) is 8.71. The first kappa shape index (κ1) is 23.8. The molecular formula is C35H33N3O. The lowest BCUT2D eigenvalue weighted by atomic mass is 9.76. The van der Waals surface area contributed by atoms with Crippen LogP contribution in [0.3, 0.4) is 0 Å². The van der Waals surface area contributed by atoms with Crippen molar-refractivity contribution in [2.75, 3.05) is 12.4 Å². The quantitative estimate of drug-likeness (QED) is 0.243. The predicted molar refractivity (Wildman–Crippen MR) is 160 cm³/mol. The number of aryl methyl sites for hydroxylation is 1. The fourth-order valence-electron chi connectivity index (χ4n) is 6.87. The average Bonchev–Trinajstić information content (AvgIpc) is 3.59. The molecule has 2 aliphatic rings. The molecule has 0 spiro atoms. The number of hydrogen-bond acceptors (Lipinski definition) is 2. The topological polar surface area (TPSA) is 37.3 Å². The van der Waals surface area contributed by atoms with Crippen LogP contribution in [0.4, 0.5) is 5.69 Å². The third-order valence-electron chi connectivity index (χ3n) is 8.71. The number of aromatic nitrogens is 1. The van der Waals surface area contributed by atoms with Crippen molar-refractivity contribution in [3.63, 3.8) is 0 Å². The number of allylic oxidation sites excluding steroid dienone is 2. The number of benzene rings is 4. The van der Waals surface area contributed by atoms with E-state index < -0.39 is 0 Å². The Morgan fingerprint density at radius 3 is 2.56 bits per heavy atom. The first-order valence-corrected chi connectivity index (χ1v) is 14.0. The van der Waals surface area contributed by atoms with Crippen molar-refractivity contribution in [1.29, 1.82) is 0 Å². The molecule has 0 saturated carbocycles. The summed E-state index contributed by atoms with van der Waals surface area (Å²) in [5, 5.41) is 6.49. The highest BCUT2D eigenvalue weighted by atomic mass is 16.2. The van der Waals surface area contributed by atoms with Gasteiger partial charge < -0.3 is 14.8 Å². The van der Waals surface area contributed by atoms with Gasteiger partial charge in [0, 0.05) is 47.9 Å². The van der Waals surface area contributed by atoms with Crippen LogP contribution in [0.1, 0.15) is 52.4 Å².